The first kappa shape index (κ1) is 39.1. The van der Waals surface area contributed by atoms with E-state index in [0.717, 1.165) is 36.1 Å². The Morgan fingerprint density at radius 3 is 1.93 bits per heavy atom. The minimum absolute atomic E-state index is 0.141. The first-order valence-electron chi connectivity index (χ1n) is 13.2. The minimum atomic E-state index is -2.65. The summed E-state index contributed by atoms with van der Waals surface area (Å²) in [6.45, 7) is 6.90. The van der Waals surface area contributed by atoms with Crippen molar-refractivity contribution in [2.75, 3.05) is 14.1 Å². The van der Waals surface area contributed by atoms with Crippen LogP contribution in [0.25, 0.3) is 0 Å². The first-order valence-corrected chi connectivity index (χ1v) is 25.5. The fourth-order valence-electron chi connectivity index (χ4n) is 3.59. The van der Waals surface area contributed by atoms with Crippen LogP contribution in [-0.2, 0) is 23.6 Å². The van der Waals surface area contributed by atoms with Crippen molar-refractivity contribution in [3.63, 3.8) is 0 Å². The number of ether oxygens (including phenoxy) is 2. The van der Waals surface area contributed by atoms with Gasteiger partial charge in [-0.05, 0) is 122 Å². The number of benzene rings is 2. The van der Waals surface area contributed by atoms with Gasteiger partial charge in [0.1, 0.15) is 16.8 Å². The highest BCUT2D eigenvalue weighted by Crippen LogP contribution is 2.74. The van der Waals surface area contributed by atoms with Gasteiger partial charge in [0.25, 0.3) is 5.34 Å². The molecule has 5 atom stereocenters. The standard InChI is InChI=1S/C25H41Cl2N7O2P5S2/c1-7-8-17-25(4,38(29)40(30)37-28)36-23-15-11-20(12-16-23)18-31-33(5)39(42)24(2,3)35-22-13-9-21(10-14-22)19-32-34(6)41(26,27)43/h9-16,18-19,37H,7-8,17,28-30H2,1-6H3/q+1/b31-18+,32-19+. The number of hydrogen-bond acceptors (Lipinski definition) is 9. The minimum Gasteiger partial charge on any atom is -0.481 e. The van der Waals surface area contributed by atoms with Gasteiger partial charge in [-0.25, -0.2) is 4.78 Å². The predicted molar refractivity (Wildman–Crippen MR) is 202 cm³/mol. The Morgan fingerprint density at radius 2 is 1.47 bits per heavy atom. The van der Waals surface area contributed by atoms with Crippen molar-refractivity contribution < 1.29 is 9.47 Å². The van der Waals surface area contributed by atoms with E-state index in [2.05, 4.69) is 24.1 Å². The Morgan fingerprint density at radius 1 is 0.977 bits per heavy atom. The van der Waals surface area contributed by atoms with Gasteiger partial charge in [0.05, 0.1) is 27.2 Å². The average molecular weight is 762 g/mol. The molecule has 6 N–H and O–H groups in total. The molecular weight excluding hydrogens is 720 g/mol. The normalized spacial score (nSPS) is 15.9. The van der Waals surface area contributed by atoms with E-state index in [1.54, 1.807) is 24.3 Å². The Hall–Kier alpha value is -0.1000. The summed E-state index contributed by atoms with van der Waals surface area (Å²) in [6, 6.07) is 15.2. The third kappa shape index (κ3) is 12.6. The maximum Gasteiger partial charge on any atom is 0.358 e. The molecule has 0 radical (unpaired) electrons. The lowest BCUT2D eigenvalue weighted by molar-refractivity contribution is 0.167. The second kappa shape index (κ2) is 17.7. The highest BCUT2D eigenvalue weighted by molar-refractivity contribution is 8.55. The van der Waals surface area contributed by atoms with Crippen molar-refractivity contribution in [1.29, 1.82) is 0 Å². The average Bonchev–Trinajstić information content (AvgIpc) is 2.97. The number of rotatable bonds is 17. The summed E-state index contributed by atoms with van der Waals surface area (Å²) in [4.78, 5) is -2.65. The largest absolute Gasteiger partial charge is 0.481 e. The van der Waals surface area contributed by atoms with E-state index in [9.17, 15) is 0 Å². The zero-order valence-electron chi connectivity index (χ0n) is 25.1. The Bertz CT molecular complexity index is 1310. The van der Waals surface area contributed by atoms with Gasteiger partial charge in [0.2, 0.25) is 4.89 Å². The molecule has 0 saturated heterocycles. The van der Waals surface area contributed by atoms with E-state index < -0.39 is 37.6 Å². The summed E-state index contributed by atoms with van der Waals surface area (Å²) in [5.74, 6) is 1.42. The zero-order chi connectivity index (χ0) is 32.4. The second-order valence-corrected chi connectivity index (χ2v) is 29.5. The monoisotopic (exact) mass is 760 g/mol. The number of unbranched alkanes of at least 4 members (excludes halogenated alkanes) is 1. The summed E-state index contributed by atoms with van der Waals surface area (Å²) in [6.07, 6.45) is 6.30. The molecule has 18 heteroatoms. The SMILES string of the molecule is CCCCC(C)(Oc1ccc(/C=N/N(C)[P+](=S)C(C)(C)Oc2ccc(/C=N/N(C)P(=S)(Cl)Cl)cc2)cc1)P(N)P(N)PN. The number of nitrogens with two attached hydrogens (primary N) is 3. The van der Waals surface area contributed by atoms with Crippen LogP contribution in [0, 0.1) is 0 Å². The third-order valence-corrected chi connectivity index (χ3v) is 21.0. The van der Waals surface area contributed by atoms with Crippen molar-refractivity contribution in [2.24, 2.45) is 26.7 Å². The van der Waals surface area contributed by atoms with E-state index in [-0.39, 0.29) is 8.42 Å². The van der Waals surface area contributed by atoms with Gasteiger partial charge in [-0.1, -0.05) is 13.3 Å². The molecule has 2 aromatic carbocycles. The van der Waals surface area contributed by atoms with Crippen LogP contribution >= 0.6 is 57.9 Å². The lowest BCUT2D eigenvalue weighted by Gasteiger charge is -2.38. The van der Waals surface area contributed by atoms with E-state index in [1.165, 1.54) is 4.78 Å². The summed E-state index contributed by atoms with van der Waals surface area (Å²) in [5, 5.41) is 7.62. The summed E-state index contributed by atoms with van der Waals surface area (Å²) in [7, 11) is 1.65. The van der Waals surface area contributed by atoms with Gasteiger partial charge >= 0.3 is 6.85 Å². The molecule has 43 heavy (non-hydrogen) atoms. The van der Waals surface area contributed by atoms with Crippen molar-refractivity contribution in [1.82, 2.24) is 9.56 Å². The first-order chi connectivity index (χ1) is 20.0. The molecule has 0 aliphatic heterocycles. The lowest BCUT2D eigenvalue weighted by Crippen LogP contribution is -2.32. The number of hydrogen-bond donors (Lipinski definition) is 3. The molecule has 0 aliphatic rings. The maximum absolute atomic E-state index is 6.57. The highest BCUT2D eigenvalue weighted by Gasteiger charge is 2.42. The molecule has 2 rings (SSSR count). The fourth-order valence-corrected chi connectivity index (χ4v) is 11.7. The fraction of sp³-hybridized carbons (Fsp3) is 0.440. The molecule has 0 aliphatic carbocycles. The molecular formula is C25H41Cl2N7O2P5S2+. The van der Waals surface area contributed by atoms with Crippen molar-refractivity contribution >= 4 is 93.9 Å². The molecule has 0 saturated carbocycles. The Balaban J connectivity index is 2.04. The van der Waals surface area contributed by atoms with Crippen LogP contribution < -0.4 is 26.0 Å². The van der Waals surface area contributed by atoms with Gasteiger partial charge in [-0.3, -0.25) is 0 Å². The summed E-state index contributed by atoms with van der Waals surface area (Å²) in [5.41, 5.74) is 20.5. The smallest absolute Gasteiger partial charge is 0.358 e. The molecule has 9 nitrogen and oxygen atoms in total. The second-order valence-electron chi connectivity index (χ2n) is 10.1. The predicted octanol–water partition coefficient (Wildman–Crippen LogP) is 8.97. The van der Waals surface area contributed by atoms with E-state index in [4.69, 9.17) is 72.1 Å². The van der Waals surface area contributed by atoms with Crippen molar-refractivity contribution in [3.8, 4) is 11.5 Å². The topological polar surface area (TPSA) is 128 Å². The molecule has 0 bridgehead atoms. The number of hydrazone groups is 2. The van der Waals surface area contributed by atoms with Crippen LogP contribution in [0.1, 0.15) is 58.1 Å². The molecule has 0 fully saturated rings. The summed E-state index contributed by atoms with van der Waals surface area (Å²) < 4.78 is 15.9. The Labute approximate surface area is 281 Å². The molecule has 0 aromatic heterocycles. The summed E-state index contributed by atoms with van der Waals surface area (Å²) >= 11 is 22.8. The Kier molecular flexibility index (Phi) is 16.1. The van der Waals surface area contributed by atoms with Crippen molar-refractivity contribution in [2.45, 2.75) is 57.6 Å². The molecule has 0 amide bonds. The zero-order valence-corrected chi connectivity index (χ0v) is 32.8. The van der Waals surface area contributed by atoms with Crippen LogP contribution in [0.2, 0.25) is 0 Å². The van der Waals surface area contributed by atoms with E-state index >= 15 is 0 Å². The van der Waals surface area contributed by atoms with Gasteiger partial charge in [-0.15, -0.1) is 9.88 Å². The molecule has 5 unspecified atom stereocenters. The van der Waals surface area contributed by atoms with Gasteiger partial charge in [0.15, 0.2) is 11.8 Å². The van der Waals surface area contributed by atoms with E-state index in [1.807, 2.05) is 69.4 Å². The van der Waals surface area contributed by atoms with Crippen LogP contribution in [0.4, 0.5) is 0 Å². The van der Waals surface area contributed by atoms with Crippen LogP contribution in [0.3, 0.4) is 0 Å². The molecule has 2 aromatic rings. The third-order valence-electron chi connectivity index (χ3n) is 6.12. The van der Waals surface area contributed by atoms with Crippen LogP contribution in [0.5, 0.6) is 11.5 Å². The molecule has 238 valence electrons. The maximum atomic E-state index is 6.57. The van der Waals surface area contributed by atoms with Crippen LogP contribution in [0.15, 0.2) is 58.7 Å². The van der Waals surface area contributed by atoms with Crippen molar-refractivity contribution in [3.05, 3.63) is 59.7 Å². The van der Waals surface area contributed by atoms with Crippen LogP contribution in [-0.4, -0.2) is 46.8 Å². The molecule has 0 heterocycles. The highest BCUT2D eigenvalue weighted by atomic mass is 35.9. The van der Waals surface area contributed by atoms with Gasteiger partial charge in [-0.2, -0.15) is 5.10 Å². The number of halogens is 2. The quantitative estimate of drug-likeness (QED) is 0.0823. The van der Waals surface area contributed by atoms with E-state index in [0.29, 0.717) is 5.75 Å². The van der Waals surface area contributed by atoms with Gasteiger partial charge < -0.3 is 26.0 Å². The lowest BCUT2D eigenvalue weighted by atomic mass is 10.1. The molecule has 0 spiro atoms. The number of nitrogens with zero attached hydrogens (tertiary/aromatic N) is 4. The van der Waals surface area contributed by atoms with Gasteiger partial charge in [0, 0.05) is 28.3 Å².